The second-order valence-electron chi connectivity index (χ2n) is 7.21. The molecule has 1 saturated heterocycles. The maximum Gasteiger partial charge on any atom is 0.0209 e. The Kier molecular flexibility index (Phi) is 4.97. The third-order valence-corrected chi connectivity index (χ3v) is 5.75. The van der Waals surface area contributed by atoms with E-state index in [9.17, 15) is 0 Å². The van der Waals surface area contributed by atoms with Crippen molar-refractivity contribution in [2.45, 2.75) is 51.6 Å². The molecule has 2 heteroatoms. The summed E-state index contributed by atoms with van der Waals surface area (Å²) in [5.41, 5.74) is 1.46. The quantitative estimate of drug-likeness (QED) is 0.893. The van der Waals surface area contributed by atoms with Crippen molar-refractivity contribution in [3.8, 4) is 0 Å². The Bertz CT molecular complexity index is 430. The molecule has 1 N–H and O–H groups in total. The van der Waals surface area contributed by atoms with Crippen LogP contribution >= 0.6 is 0 Å². The Morgan fingerprint density at radius 1 is 1.10 bits per heavy atom. The monoisotopic (exact) mass is 286 g/mol. The number of rotatable bonds is 5. The summed E-state index contributed by atoms with van der Waals surface area (Å²) < 4.78 is 0. The Balaban J connectivity index is 1.41. The van der Waals surface area contributed by atoms with E-state index in [-0.39, 0.29) is 0 Å². The molecule has 116 valence electrons. The molecule has 21 heavy (non-hydrogen) atoms. The van der Waals surface area contributed by atoms with E-state index in [0.717, 1.165) is 23.9 Å². The van der Waals surface area contributed by atoms with Gasteiger partial charge in [0.1, 0.15) is 0 Å². The predicted molar refractivity (Wildman–Crippen MR) is 89.5 cm³/mol. The highest BCUT2D eigenvalue weighted by molar-refractivity contribution is 5.14. The summed E-state index contributed by atoms with van der Waals surface area (Å²) in [6.07, 6.45) is 5.29. The molecular formula is C19H30N2. The maximum absolute atomic E-state index is 3.94. The molecule has 0 radical (unpaired) electrons. The average Bonchev–Trinajstić information content (AvgIpc) is 3.08. The van der Waals surface area contributed by atoms with Crippen LogP contribution in [0.1, 0.15) is 38.7 Å². The van der Waals surface area contributed by atoms with Gasteiger partial charge in [0.2, 0.25) is 0 Å². The molecule has 4 atom stereocenters. The Morgan fingerprint density at radius 2 is 1.90 bits per heavy atom. The summed E-state index contributed by atoms with van der Waals surface area (Å²) in [6, 6.07) is 12.4. The van der Waals surface area contributed by atoms with Gasteiger partial charge in [-0.1, -0.05) is 44.2 Å². The van der Waals surface area contributed by atoms with Gasteiger partial charge in [-0.25, -0.2) is 0 Å². The van der Waals surface area contributed by atoms with E-state index in [1.165, 1.54) is 50.9 Å². The number of hydrogen-bond donors (Lipinski definition) is 1. The van der Waals surface area contributed by atoms with Crippen molar-refractivity contribution >= 4 is 0 Å². The van der Waals surface area contributed by atoms with Crippen LogP contribution in [0.25, 0.3) is 0 Å². The van der Waals surface area contributed by atoms with Crippen LogP contribution in [0.2, 0.25) is 0 Å². The van der Waals surface area contributed by atoms with Gasteiger partial charge >= 0.3 is 0 Å². The third kappa shape index (κ3) is 3.87. The number of likely N-dealkylation sites (tertiary alicyclic amines) is 1. The second-order valence-corrected chi connectivity index (χ2v) is 7.21. The van der Waals surface area contributed by atoms with Crippen LogP contribution in [0.4, 0.5) is 0 Å². The van der Waals surface area contributed by atoms with Gasteiger partial charge in [-0.2, -0.15) is 0 Å². The van der Waals surface area contributed by atoms with Crippen molar-refractivity contribution in [1.29, 1.82) is 0 Å². The first-order chi connectivity index (χ1) is 10.2. The molecule has 1 heterocycles. The summed E-state index contributed by atoms with van der Waals surface area (Å²) >= 11 is 0. The lowest BCUT2D eigenvalue weighted by Gasteiger charge is -2.24. The number of benzene rings is 1. The molecule has 1 aliphatic heterocycles. The van der Waals surface area contributed by atoms with Crippen LogP contribution in [-0.4, -0.2) is 36.6 Å². The molecule has 2 aliphatic rings. The lowest BCUT2D eigenvalue weighted by Crippen LogP contribution is -2.42. The van der Waals surface area contributed by atoms with Crippen LogP contribution in [0.3, 0.4) is 0 Å². The Morgan fingerprint density at radius 3 is 2.62 bits per heavy atom. The zero-order valence-electron chi connectivity index (χ0n) is 13.6. The molecule has 1 saturated carbocycles. The first-order valence-corrected chi connectivity index (χ1v) is 8.74. The minimum Gasteiger partial charge on any atom is -0.310 e. The first-order valence-electron chi connectivity index (χ1n) is 8.74. The van der Waals surface area contributed by atoms with Gasteiger partial charge in [-0.15, -0.1) is 0 Å². The number of nitrogens with one attached hydrogen (secondary N) is 1. The molecule has 2 fully saturated rings. The zero-order valence-corrected chi connectivity index (χ0v) is 13.6. The normalized spacial score (nSPS) is 33.6. The summed E-state index contributed by atoms with van der Waals surface area (Å²) in [5.74, 6) is 1.75. The summed E-state index contributed by atoms with van der Waals surface area (Å²) in [5, 5.41) is 3.94. The topological polar surface area (TPSA) is 15.3 Å². The maximum atomic E-state index is 3.94. The van der Waals surface area contributed by atoms with Crippen molar-refractivity contribution in [3.63, 3.8) is 0 Å². The standard InChI is InChI=1S/C19H30N2/c1-15-8-9-19(16(15)2)20-18-11-13-21(14-18)12-10-17-6-4-3-5-7-17/h3-7,15-16,18-20H,8-14H2,1-2H3. The van der Waals surface area contributed by atoms with Crippen molar-refractivity contribution in [3.05, 3.63) is 35.9 Å². The summed E-state index contributed by atoms with van der Waals surface area (Å²) in [6.45, 7) is 8.55. The van der Waals surface area contributed by atoms with Gasteiger partial charge in [0.05, 0.1) is 0 Å². The van der Waals surface area contributed by atoms with Crippen molar-refractivity contribution in [1.82, 2.24) is 10.2 Å². The zero-order chi connectivity index (χ0) is 14.7. The van der Waals surface area contributed by atoms with E-state index in [2.05, 4.69) is 54.4 Å². The van der Waals surface area contributed by atoms with Gasteiger partial charge in [-0.05, 0) is 49.6 Å². The van der Waals surface area contributed by atoms with E-state index < -0.39 is 0 Å². The van der Waals surface area contributed by atoms with Crippen molar-refractivity contribution in [2.75, 3.05) is 19.6 Å². The van der Waals surface area contributed by atoms with Crippen LogP contribution in [0.15, 0.2) is 30.3 Å². The molecule has 0 spiro atoms. The van der Waals surface area contributed by atoms with Crippen molar-refractivity contribution < 1.29 is 0 Å². The van der Waals surface area contributed by atoms with Crippen LogP contribution in [0.5, 0.6) is 0 Å². The number of nitrogens with zero attached hydrogens (tertiary/aromatic N) is 1. The van der Waals surface area contributed by atoms with Gasteiger partial charge in [0.25, 0.3) is 0 Å². The van der Waals surface area contributed by atoms with Crippen LogP contribution in [-0.2, 0) is 6.42 Å². The summed E-state index contributed by atoms with van der Waals surface area (Å²) in [4.78, 5) is 2.63. The fourth-order valence-electron chi connectivity index (χ4n) is 4.01. The molecular weight excluding hydrogens is 256 g/mol. The smallest absolute Gasteiger partial charge is 0.0209 e. The lowest BCUT2D eigenvalue weighted by atomic mass is 9.97. The highest BCUT2D eigenvalue weighted by atomic mass is 15.2. The molecule has 1 aromatic carbocycles. The van der Waals surface area contributed by atoms with E-state index in [1.807, 2.05) is 0 Å². The summed E-state index contributed by atoms with van der Waals surface area (Å²) in [7, 11) is 0. The number of hydrogen-bond acceptors (Lipinski definition) is 2. The Labute approximate surface area is 129 Å². The predicted octanol–water partition coefficient (Wildman–Crippen LogP) is 3.33. The lowest BCUT2D eigenvalue weighted by molar-refractivity contribution is 0.307. The molecule has 3 rings (SSSR count). The Hall–Kier alpha value is -0.860. The molecule has 1 aromatic rings. The van der Waals surface area contributed by atoms with E-state index in [4.69, 9.17) is 0 Å². The van der Waals surface area contributed by atoms with E-state index in [1.54, 1.807) is 0 Å². The highest BCUT2D eigenvalue weighted by Crippen LogP contribution is 2.31. The SMILES string of the molecule is CC1CCC(NC2CCN(CCc3ccccc3)C2)C1C. The fourth-order valence-corrected chi connectivity index (χ4v) is 4.01. The highest BCUT2D eigenvalue weighted by Gasteiger charge is 2.32. The van der Waals surface area contributed by atoms with Crippen LogP contribution in [0, 0.1) is 11.8 Å². The van der Waals surface area contributed by atoms with Gasteiger partial charge in [-0.3, -0.25) is 0 Å². The molecule has 1 aliphatic carbocycles. The van der Waals surface area contributed by atoms with Crippen LogP contribution < -0.4 is 5.32 Å². The first kappa shape index (κ1) is 15.1. The fraction of sp³-hybridized carbons (Fsp3) is 0.684. The minimum atomic E-state index is 0.721. The second kappa shape index (κ2) is 6.93. The largest absolute Gasteiger partial charge is 0.310 e. The van der Waals surface area contributed by atoms with Gasteiger partial charge < -0.3 is 10.2 Å². The molecule has 0 bridgehead atoms. The van der Waals surface area contributed by atoms with Crippen molar-refractivity contribution in [2.24, 2.45) is 11.8 Å². The van der Waals surface area contributed by atoms with Gasteiger partial charge in [0.15, 0.2) is 0 Å². The van der Waals surface area contributed by atoms with Gasteiger partial charge in [0, 0.05) is 25.2 Å². The third-order valence-electron chi connectivity index (χ3n) is 5.75. The van der Waals surface area contributed by atoms with E-state index in [0.29, 0.717) is 0 Å². The molecule has 2 nitrogen and oxygen atoms in total. The molecule has 0 amide bonds. The average molecular weight is 286 g/mol. The molecule has 4 unspecified atom stereocenters. The molecule has 0 aromatic heterocycles. The van der Waals surface area contributed by atoms with E-state index >= 15 is 0 Å². The minimum absolute atomic E-state index is 0.721.